The maximum atomic E-state index is 13.7. The van der Waals surface area contributed by atoms with Crippen LogP contribution >= 0.6 is 0 Å². The van der Waals surface area contributed by atoms with Gasteiger partial charge in [0, 0.05) is 0 Å². The molecule has 3 unspecified atom stereocenters. The van der Waals surface area contributed by atoms with Crippen molar-refractivity contribution in [3.8, 4) is 0 Å². The van der Waals surface area contributed by atoms with E-state index in [1.165, 1.54) is 6.92 Å². The van der Waals surface area contributed by atoms with Gasteiger partial charge in [-0.3, -0.25) is 0 Å². The van der Waals surface area contributed by atoms with Crippen LogP contribution < -0.4 is 0 Å². The molecule has 1 rings (SSSR count). The van der Waals surface area contributed by atoms with E-state index in [0.29, 0.717) is 0 Å². The highest BCUT2D eigenvalue weighted by atomic mass is 19.4. The molecule has 0 aromatic rings. The van der Waals surface area contributed by atoms with Crippen molar-refractivity contribution in [2.24, 2.45) is 5.41 Å². The first kappa shape index (κ1) is 14.5. The van der Waals surface area contributed by atoms with E-state index in [2.05, 4.69) is 4.74 Å². The van der Waals surface area contributed by atoms with Crippen molar-refractivity contribution in [2.75, 3.05) is 0 Å². The third-order valence-corrected chi connectivity index (χ3v) is 3.12. The minimum Gasteiger partial charge on any atom is -0.335 e. The molecule has 102 valence electrons. The van der Waals surface area contributed by atoms with E-state index in [9.17, 15) is 30.7 Å². The van der Waals surface area contributed by atoms with Gasteiger partial charge >= 0.3 is 18.2 Å². The topological polar surface area (TPSA) is 9.23 Å². The number of rotatable bonds is 1. The first-order chi connectivity index (χ1) is 7.39. The highest BCUT2D eigenvalue weighted by Crippen LogP contribution is 2.62. The van der Waals surface area contributed by atoms with Crippen LogP contribution in [0, 0.1) is 5.41 Å². The summed E-state index contributed by atoms with van der Waals surface area (Å²) in [5, 5.41) is 0. The lowest BCUT2D eigenvalue weighted by Gasteiger charge is -2.37. The molecule has 3 atom stereocenters. The van der Waals surface area contributed by atoms with Crippen LogP contribution in [0.2, 0.25) is 0 Å². The van der Waals surface area contributed by atoms with E-state index in [1.807, 2.05) is 0 Å². The molecule has 1 aliphatic heterocycles. The first-order valence-corrected chi connectivity index (χ1v) is 4.89. The molecule has 8 heteroatoms. The van der Waals surface area contributed by atoms with Gasteiger partial charge in [0.25, 0.3) is 0 Å². The van der Waals surface area contributed by atoms with Crippen molar-refractivity contribution < 1.29 is 35.5 Å². The van der Waals surface area contributed by atoms with Crippen molar-refractivity contribution in [1.82, 2.24) is 0 Å². The normalized spacial score (nSPS) is 39.7. The van der Waals surface area contributed by atoms with E-state index in [0.717, 1.165) is 0 Å². The maximum absolute atomic E-state index is 13.7. The van der Waals surface area contributed by atoms with Gasteiger partial charge in [-0.15, -0.1) is 0 Å². The summed E-state index contributed by atoms with van der Waals surface area (Å²) in [6, 6.07) is 0. The fourth-order valence-electron chi connectivity index (χ4n) is 1.89. The summed E-state index contributed by atoms with van der Waals surface area (Å²) in [7, 11) is 0. The molecule has 1 heterocycles. The van der Waals surface area contributed by atoms with Crippen molar-refractivity contribution >= 4 is 0 Å². The van der Waals surface area contributed by atoms with Crippen LogP contribution in [-0.2, 0) is 4.74 Å². The molecule has 0 N–H and O–H groups in total. The Balaban J connectivity index is 3.27. The highest BCUT2D eigenvalue weighted by Gasteiger charge is 2.80. The summed E-state index contributed by atoms with van der Waals surface area (Å²) in [5.74, 6) is -4.68. The van der Waals surface area contributed by atoms with Gasteiger partial charge in [-0.25, -0.2) is 4.39 Å². The van der Waals surface area contributed by atoms with E-state index in [-0.39, 0.29) is 13.3 Å². The Kier molecular flexibility index (Phi) is 3.19. The Morgan fingerprint density at radius 3 is 1.82 bits per heavy atom. The fraction of sp³-hybridized carbons (Fsp3) is 1.00. The zero-order valence-corrected chi connectivity index (χ0v) is 9.05. The lowest BCUT2D eigenvalue weighted by atomic mass is 9.78. The first-order valence-electron chi connectivity index (χ1n) is 4.89. The van der Waals surface area contributed by atoms with Gasteiger partial charge in [-0.05, 0) is 19.8 Å². The van der Waals surface area contributed by atoms with E-state index < -0.39 is 36.1 Å². The number of hydrogen-bond acceptors (Lipinski definition) is 1. The van der Waals surface area contributed by atoms with Gasteiger partial charge in [0.2, 0.25) is 0 Å². The summed E-state index contributed by atoms with van der Waals surface area (Å²) in [4.78, 5) is 0. The van der Waals surface area contributed by atoms with Gasteiger partial charge in [0.15, 0.2) is 0 Å². The Labute approximate surface area is 92.9 Å². The summed E-state index contributed by atoms with van der Waals surface area (Å²) >= 11 is 0. The molecular weight excluding hydrogens is 257 g/mol. The lowest BCUT2D eigenvalue weighted by molar-refractivity contribution is -0.393. The van der Waals surface area contributed by atoms with Gasteiger partial charge in [0.05, 0.1) is 6.10 Å². The second-order valence-corrected chi connectivity index (χ2v) is 4.28. The number of alkyl halides is 7. The molecule has 0 aromatic heterocycles. The van der Waals surface area contributed by atoms with E-state index in [1.54, 1.807) is 0 Å². The van der Waals surface area contributed by atoms with E-state index >= 15 is 0 Å². The van der Waals surface area contributed by atoms with Crippen LogP contribution in [0.1, 0.15) is 26.7 Å². The van der Waals surface area contributed by atoms with E-state index in [4.69, 9.17) is 0 Å². The fourth-order valence-corrected chi connectivity index (χ4v) is 1.89. The second-order valence-electron chi connectivity index (χ2n) is 4.28. The molecule has 0 spiro atoms. The van der Waals surface area contributed by atoms with Crippen LogP contribution in [0.5, 0.6) is 0 Å². The van der Waals surface area contributed by atoms with Crippen LogP contribution in [0.3, 0.4) is 0 Å². The third kappa shape index (κ3) is 1.90. The van der Waals surface area contributed by atoms with Gasteiger partial charge < -0.3 is 4.74 Å². The average Bonchev–Trinajstić information content (AvgIpc) is 2.39. The van der Waals surface area contributed by atoms with Crippen molar-refractivity contribution in [3.63, 3.8) is 0 Å². The minimum absolute atomic E-state index is 0.118. The zero-order valence-electron chi connectivity index (χ0n) is 9.05. The molecule has 1 fully saturated rings. The Bertz CT molecular complexity index is 269. The quantitative estimate of drug-likeness (QED) is 0.653. The molecule has 1 saturated heterocycles. The molecular formula is C9H11F7O. The minimum atomic E-state index is -5.72. The molecule has 0 saturated carbocycles. The van der Waals surface area contributed by atoms with Gasteiger partial charge in [-0.2, -0.15) is 26.3 Å². The molecule has 17 heavy (non-hydrogen) atoms. The predicted molar refractivity (Wildman–Crippen MR) is 43.8 cm³/mol. The summed E-state index contributed by atoms with van der Waals surface area (Å²) in [6.45, 7) is 1.54. The zero-order chi connectivity index (χ0) is 13.7. The summed E-state index contributed by atoms with van der Waals surface area (Å²) in [6.07, 6.45) is -13.6. The summed E-state index contributed by atoms with van der Waals surface area (Å²) < 4.78 is 93.1. The van der Waals surface area contributed by atoms with Crippen molar-refractivity contribution in [3.05, 3.63) is 0 Å². The molecule has 1 nitrogen and oxygen atoms in total. The number of hydrogen-bond donors (Lipinski definition) is 0. The SMILES string of the molecule is CCC1CC(C)(C(F)(F)F)C(F)(C(F)(F)F)O1. The molecule has 0 amide bonds. The third-order valence-electron chi connectivity index (χ3n) is 3.12. The standard InChI is InChI=1S/C9H11F7O/c1-3-5-4-6(2,8(11,12)13)7(10,17-5)9(14,15)16/h5H,3-4H2,1-2H3. The Hall–Kier alpha value is -0.530. The number of halogens is 7. The van der Waals surface area contributed by atoms with Crippen LogP contribution in [0.15, 0.2) is 0 Å². The number of ether oxygens (including phenoxy) is 1. The monoisotopic (exact) mass is 268 g/mol. The van der Waals surface area contributed by atoms with Crippen LogP contribution in [0.4, 0.5) is 30.7 Å². The van der Waals surface area contributed by atoms with Gasteiger partial charge in [-0.1, -0.05) is 6.92 Å². The second kappa shape index (κ2) is 3.73. The Morgan fingerprint density at radius 2 is 1.59 bits per heavy atom. The average molecular weight is 268 g/mol. The summed E-state index contributed by atoms with van der Waals surface area (Å²) in [5.41, 5.74) is -3.57. The van der Waals surface area contributed by atoms with Crippen LogP contribution in [-0.4, -0.2) is 24.3 Å². The highest BCUT2D eigenvalue weighted by molar-refractivity contribution is 5.05. The Morgan fingerprint density at radius 1 is 1.12 bits per heavy atom. The maximum Gasteiger partial charge on any atom is 0.449 e. The predicted octanol–water partition coefficient (Wildman–Crippen LogP) is 3.98. The lowest BCUT2D eigenvalue weighted by Crippen LogP contribution is -2.57. The van der Waals surface area contributed by atoms with Gasteiger partial charge in [0.1, 0.15) is 5.41 Å². The smallest absolute Gasteiger partial charge is 0.335 e. The molecule has 0 aromatic carbocycles. The molecule has 0 bridgehead atoms. The van der Waals surface area contributed by atoms with Crippen molar-refractivity contribution in [1.29, 1.82) is 0 Å². The van der Waals surface area contributed by atoms with Crippen LogP contribution in [0.25, 0.3) is 0 Å². The molecule has 0 radical (unpaired) electrons. The van der Waals surface area contributed by atoms with Crippen molar-refractivity contribution in [2.45, 2.75) is 51.0 Å². The molecule has 1 aliphatic rings. The molecule has 0 aliphatic carbocycles. The largest absolute Gasteiger partial charge is 0.449 e.